The van der Waals surface area contributed by atoms with Gasteiger partial charge in [-0.1, -0.05) is 6.07 Å². The van der Waals surface area contributed by atoms with E-state index in [4.69, 9.17) is 15.6 Å². The first kappa shape index (κ1) is 10.9. The maximum Gasteiger partial charge on any atom is 0.129 e. The number of aliphatic hydroxyl groups is 1. The van der Waals surface area contributed by atoms with E-state index in [-0.39, 0.29) is 19.0 Å². The van der Waals surface area contributed by atoms with Crippen LogP contribution < -0.4 is 10.5 Å². The minimum Gasteiger partial charge on any atom is -0.490 e. The Morgan fingerprint density at radius 2 is 2.29 bits per heavy atom. The van der Waals surface area contributed by atoms with Gasteiger partial charge in [0.15, 0.2) is 0 Å². The van der Waals surface area contributed by atoms with Gasteiger partial charge in [0.25, 0.3) is 0 Å². The molecule has 0 aliphatic heterocycles. The number of aliphatic hydroxyl groups excluding tert-OH is 1. The monoisotopic (exact) mass is 199 g/mol. The topological polar surface area (TPSA) is 55.5 Å². The summed E-state index contributed by atoms with van der Waals surface area (Å²) in [6.45, 7) is 1.84. The number of rotatable bonds is 4. The van der Waals surface area contributed by atoms with E-state index in [0.717, 1.165) is 0 Å². The highest BCUT2D eigenvalue weighted by Crippen LogP contribution is 2.19. The average Bonchev–Trinajstić information content (AvgIpc) is 2.20. The van der Waals surface area contributed by atoms with Crippen LogP contribution >= 0.6 is 0 Å². The van der Waals surface area contributed by atoms with Crippen LogP contribution in [0.5, 0.6) is 5.75 Å². The van der Waals surface area contributed by atoms with E-state index in [2.05, 4.69) is 0 Å². The molecule has 0 aromatic heterocycles. The lowest BCUT2D eigenvalue weighted by atomic mass is 10.2. The quantitative estimate of drug-likeness (QED) is 0.755. The Morgan fingerprint density at radius 3 is 2.93 bits per heavy atom. The van der Waals surface area contributed by atoms with Crippen molar-refractivity contribution in [2.75, 3.05) is 13.2 Å². The van der Waals surface area contributed by atoms with Gasteiger partial charge < -0.3 is 15.6 Å². The van der Waals surface area contributed by atoms with E-state index < -0.39 is 6.10 Å². The third-order valence-electron chi connectivity index (χ3n) is 1.92. The number of ether oxygens (including phenoxy) is 1. The van der Waals surface area contributed by atoms with Crippen LogP contribution in [-0.2, 0) is 0 Å². The molecule has 3 nitrogen and oxygen atoms in total. The van der Waals surface area contributed by atoms with Gasteiger partial charge in [0, 0.05) is 12.1 Å². The lowest BCUT2D eigenvalue weighted by Crippen LogP contribution is -2.26. The van der Waals surface area contributed by atoms with Gasteiger partial charge in [-0.15, -0.1) is 0 Å². The summed E-state index contributed by atoms with van der Waals surface area (Å²) < 4.78 is 18.2. The third-order valence-corrected chi connectivity index (χ3v) is 1.92. The SMILES string of the molecule is Cc1c(F)cccc1OC[C@H](O)CN. The van der Waals surface area contributed by atoms with Crippen LogP contribution in [0.4, 0.5) is 4.39 Å². The Kier molecular flexibility index (Phi) is 3.85. The van der Waals surface area contributed by atoms with Crippen molar-refractivity contribution >= 4 is 0 Å². The van der Waals surface area contributed by atoms with Crippen molar-refractivity contribution in [2.24, 2.45) is 5.73 Å². The second-order valence-electron chi connectivity index (χ2n) is 3.06. The summed E-state index contributed by atoms with van der Waals surface area (Å²) in [5.74, 6) is 0.127. The van der Waals surface area contributed by atoms with Gasteiger partial charge in [0.2, 0.25) is 0 Å². The summed E-state index contributed by atoms with van der Waals surface area (Å²) in [6.07, 6.45) is -0.710. The minimum atomic E-state index is -0.710. The lowest BCUT2D eigenvalue weighted by Gasteiger charge is -2.12. The number of halogens is 1. The molecule has 0 aliphatic rings. The van der Waals surface area contributed by atoms with Gasteiger partial charge in [-0.2, -0.15) is 0 Å². The minimum absolute atomic E-state index is 0.0841. The highest BCUT2D eigenvalue weighted by Gasteiger charge is 2.06. The van der Waals surface area contributed by atoms with E-state index in [9.17, 15) is 4.39 Å². The van der Waals surface area contributed by atoms with Gasteiger partial charge in [-0.05, 0) is 19.1 Å². The molecule has 3 N–H and O–H groups in total. The molecule has 1 rings (SSSR count). The predicted octanol–water partition coefficient (Wildman–Crippen LogP) is 0.833. The predicted molar refractivity (Wildman–Crippen MR) is 51.7 cm³/mol. The Morgan fingerprint density at radius 1 is 1.57 bits per heavy atom. The second kappa shape index (κ2) is 4.93. The number of hydrogen-bond donors (Lipinski definition) is 2. The zero-order valence-electron chi connectivity index (χ0n) is 8.03. The van der Waals surface area contributed by atoms with E-state index in [1.165, 1.54) is 6.07 Å². The van der Waals surface area contributed by atoms with E-state index in [1.807, 2.05) is 0 Å². The van der Waals surface area contributed by atoms with Crippen LogP contribution in [0.1, 0.15) is 5.56 Å². The third kappa shape index (κ3) is 2.68. The van der Waals surface area contributed by atoms with Gasteiger partial charge in [0.1, 0.15) is 24.3 Å². The fourth-order valence-corrected chi connectivity index (χ4v) is 0.998. The molecule has 78 valence electrons. The summed E-state index contributed by atoms with van der Waals surface area (Å²) in [7, 11) is 0. The van der Waals surface area contributed by atoms with Crippen molar-refractivity contribution in [1.82, 2.24) is 0 Å². The van der Waals surface area contributed by atoms with Gasteiger partial charge in [0.05, 0.1) is 0 Å². The molecule has 0 bridgehead atoms. The van der Waals surface area contributed by atoms with Crippen LogP contribution in [0.15, 0.2) is 18.2 Å². The molecule has 14 heavy (non-hydrogen) atoms. The zero-order valence-corrected chi connectivity index (χ0v) is 8.03. The van der Waals surface area contributed by atoms with Crippen molar-refractivity contribution in [3.8, 4) is 5.75 Å². The van der Waals surface area contributed by atoms with Crippen LogP contribution in [0.2, 0.25) is 0 Å². The molecule has 0 saturated carbocycles. The summed E-state index contributed by atoms with van der Waals surface area (Å²) in [5, 5.41) is 9.14. The molecule has 0 spiro atoms. The molecule has 0 unspecified atom stereocenters. The van der Waals surface area contributed by atoms with Gasteiger partial charge in [-0.3, -0.25) is 0 Å². The molecule has 1 aromatic carbocycles. The summed E-state index contributed by atoms with van der Waals surface area (Å²) >= 11 is 0. The number of hydrogen-bond acceptors (Lipinski definition) is 3. The van der Waals surface area contributed by atoms with Gasteiger partial charge >= 0.3 is 0 Å². The van der Waals surface area contributed by atoms with Crippen molar-refractivity contribution in [1.29, 1.82) is 0 Å². The zero-order chi connectivity index (χ0) is 10.6. The normalized spacial score (nSPS) is 12.6. The molecular formula is C10H14FNO2. The number of nitrogens with two attached hydrogens (primary N) is 1. The molecule has 0 fully saturated rings. The lowest BCUT2D eigenvalue weighted by molar-refractivity contribution is 0.113. The second-order valence-corrected chi connectivity index (χ2v) is 3.06. The van der Waals surface area contributed by atoms with E-state index in [0.29, 0.717) is 11.3 Å². The molecular weight excluding hydrogens is 185 g/mol. The Labute approximate surface area is 82.3 Å². The van der Waals surface area contributed by atoms with E-state index >= 15 is 0 Å². The summed E-state index contributed by atoms with van der Waals surface area (Å²) in [6, 6.07) is 4.58. The maximum atomic E-state index is 13.0. The first-order valence-electron chi connectivity index (χ1n) is 4.41. The highest BCUT2D eigenvalue weighted by molar-refractivity contribution is 5.33. The Bertz CT molecular complexity index is 304. The van der Waals surface area contributed by atoms with Crippen LogP contribution in [-0.4, -0.2) is 24.4 Å². The van der Waals surface area contributed by atoms with Crippen LogP contribution in [0.25, 0.3) is 0 Å². The fourth-order valence-electron chi connectivity index (χ4n) is 0.998. The Hall–Kier alpha value is -1.13. The molecule has 1 atom stereocenters. The average molecular weight is 199 g/mol. The van der Waals surface area contributed by atoms with Gasteiger partial charge in [-0.25, -0.2) is 4.39 Å². The first-order valence-corrected chi connectivity index (χ1v) is 4.41. The van der Waals surface area contributed by atoms with Crippen molar-refractivity contribution in [3.63, 3.8) is 0 Å². The van der Waals surface area contributed by atoms with Crippen molar-refractivity contribution < 1.29 is 14.2 Å². The fraction of sp³-hybridized carbons (Fsp3) is 0.400. The summed E-state index contributed by atoms with van der Waals surface area (Å²) in [5.41, 5.74) is 5.64. The van der Waals surface area contributed by atoms with E-state index in [1.54, 1.807) is 19.1 Å². The molecule has 0 aliphatic carbocycles. The first-order chi connectivity index (χ1) is 6.65. The van der Waals surface area contributed by atoms with Crippen LogP contribution in [0, 0.1) is 12.7 Å². The maximum absolute atomic E-state index is 13.0. The molecule has 0 saturated heterocycles. The molecule has 1 aromatic rings. The Balaban J connectivity index is 2.63. The number of benzene rings is 1. The van der Waals surface area contributed by atoms with Crippen molar-refractivity contribution in [2.45, 2.75) is 13.0 Å². The smallest absolute Gasteiger partial charge is 0.129 e. The van der Waals surface area contributed by atoms with Crippen LogP contribution in [0.3, 0.4) is 0 Å². The largest absolute Gasteiger partial charge is 0.490 e. The molecule has 0 radical (unpaired) electrons. The standard InChI is InChI=1S/C10H14FNO2/c1-7-9(11)3-2-4-10(7)14-6-8(13)5-12/h2-4,8,13H,5-6,12H2,1H3/t8-/m1/s1. The van der Waals surface area contributed by atoms with Crippen molar-refractivity contribution in [3.05, 3.63) is 29.6 Å². The molecule has 0 heterocycles. The molecule has 0 amide bonds. The summed E-state index contributed by atoms with van der Waals surface area (Å²) in [4.78, 5) is 0. The molecule has 4 heteroatoms. The highest BCUT2D eigenvalue weighted by atomic mass is 19.1.